The summed E-state index contributed by atoms with van der Waals surface area (Å²) in [5.74, 6) is 0.855. The lowest BCUT2D eigenvalue weighted by Gasteiger charge is -2.29. The Labute approximate surface area is 120 Å². The number of hydrogen-bond donors (Lipinski definition) is 1. The second-order valence-electron chi connectivity index (χ2n) is 6.39. The zero-order valence-electron chi connectivity index (χ0n) is 12.6. The van der Waals surface area contributed by atoms with Crippen LogP contribution in [0.15, 0.2) is 24.3 Å². The summed E-state index contributed by atoms with van der Waals surface area (Å²) in [5, 5.41) is 0. The highest BCUT2D eigenvalue weighted by molar-refractivity contribution is 5.95. The number of hydrogen-bond acceptors (Lipinski definition) is 3. The van der Waals surface area contributed by atoms with E-state index in [2.05, 4.69) is 20.8 Å². The lowest BCUT2D eigenvalue weighted by Crippen LogP contribution is -2.42. The maximum atomic E-state index is 12.6. The van der Waals surface area contributed by atoms with Crippen LogP contribution in [0.4, 0.5) is 5.69 Å². The number of nitrogens with two attached hydrogens (primary N) is 1. The van der Waals surface area contributed by atoms with Gasteiger partial charge in [-0.05, 0) is 24.0 Å². The fraction of sp³-hybridized carbons (Fsp3) is 0.562. The number of rotatable bonds is 2. The Kier molecular flexibility index (Phi) is 4.33. The molecular formula is C16H24N2O2. The van der Waals surface area contributed by atoms with Gasteiger partial charge in [-0.2, -0.15) is 0 Å². The molecule has 0 radical (unpaired) electrons. The molecule has 1 unspecified atom stereocenters. The van der Waals surface area contributed by atoms with Crippen molar-refractivity contribution in [2.24, 2.45) is 11.1 Å². The van der Waals surface area contributed by atoms with Crippen molar-refractivity contribution in [3.05, 3.63) is 24.3 Å². The molecule has 0 fully saturated rings. The Morgan fingerprint density at radius 3 is 2.80 bits per heavy atom. The molecule has 1 aromatic rings. The van der Waals surface area contributed by atoms with Gasteiger partial charge in [0.05, 0.1) is 12.3 Å². The molecule has 1 atom stereocenters. The minimum atomic E-state index is -0.147. The zero-order valence-corrected chi connectivity index (χ0v) is 12.6. The number of para-hydroxylation sites is 2. The predicted octanol–water partition coefficient (Wildman–Crippen LogP) is 2.57. The van der Waals surface area contributed by atoms with Gasteiger partial charge in [0.15, 0.2) is 0 Å². The highest BCUT2D eigenvalue weighted by atomic mass is 16.5. The number of carbonyl (C=O) groups is 1. The van der Waals surface area contributed by atoms with Gasteiger partial charge in [-0.15, -0.1) is 0 Å². The Hall–Kier alpha value is -1.55. The largest absolute Gasteiger partial charge is 0.491 e. The number of carbonyl (C=O) groups excluding carboxylic acids is 1. The number of amides is 1. The molecule has 1 aromatic carbocycles. The lowest BCUT2D eigenvalue weighted by atomic mass is 9.85. The molecular weight excluding hydrogens is 252 g/mol. The number of ether oxygens (including phenoxy) is 1. The first-order chi connectivity index (χ1) is 9.39. The van der Waals surface area contributed by atoms with Gasteiger partial charge >= 0.3 is 0 Å². The molecule has 1 amide bonds. The maximum Gasteiger partial charge on any atom is 0.228 e. The van der Waals surface area contributed by atoms with E-state index in [-0.39, 0.29) is 17.4 Å². The molecule has 0 saturated heterocycles. The summed E-state index contributed by atoms with van der Waals surface area (Å²) in [6, 6.07) is 7.54. The van der Waals surface area contributed by atoms with Gasteiger partial charge in [0.2, 0.25) is 5.91 Å². The summed E-state index contributed by atoms with van der Waals surface area (Å²) in [4.78, 5) is 14.4. The third kappa shape index (κ3) is 3.31. The number of anilines is 1. The van der Waals surface area contributed by atoms with Crippen LogP contribution in [0.5, 0.6) is 5.75 Å². The second kappa shape index (κ2) is 5.83. The van der Waals surface area contributed by atoms with E-state index in [0.717, 1.165) is 17.9 Å². The van der Waals surface area contributed by atoms with Crippen LogP contribution in [0.2, 0.25) is 0 Å². The molecule has 20 heavy (non-hydrogen) atoms. The lowest BCUT2D eigenvalue weighted by molar-refractivity contribution is -0.119. The first-order valence-electron chi connectivity index (χ1n) is 7.17. The molecule has 2 rings (SSSR count). The molecule has 1 aliphatic rings. The van der Waals surface area contributed by atoms with Gasteiger partial charge in [0, 0.05) is 19.0 Å². The Morgan fingerprint density at radius 2 is 2.10 bits per heavy atom. The normalized spacial score (nSPS) is 16.9. The Bertz CT molecular complexity index is 480. The third-order valence-electron chi connectivity index (χ3n) is 3.75. The first kappa shape index (κ1) is 14.9. The third-order valence-corrected chi connectivity index (χ3v) is 3.75. The number of nitrogens with zero attached hydrogens (tertiary/aromatic N) is 1. The Balaban J connectivity index is 2.18. The molecule has 0 spiro atoms. The monoisotopic (exact) mass is 276 g/mol. The molecule has 0 saturated carbocycles. The van der Waals surface area contributed by atoms with Crippen LogP contribution in [0.25, 0.3) is 0 Å². The fourth-order valence-corrected chi connectivity index (χ4v) is 2.19. The van der Waals surface area contributed by atoms with Gasteiger partial charge in [0.1, 0.15) is 5.75 Å². The molecule has 1 aliphatic heterocycles. The van der Waals surface area contributed by atoms with E-state index in [9.17, 15) is 4.79 Å². The van der Waals surface area contributed by atoms with Crippen LogP contribution >= 0.6 is 0 Å². The highest BCUT2D eigenvalue weighted by Crippen LogP contribution is 2.31. The van der Waals surface area contributed by atoms with E-state index in [1.807, 2.05) is 29.2 Å². The summed E-state index contributed by atoms with van der Waals surface area (Å²) in [6.45, 7) is 7.51. The van der Waals surface area contributed by atoms with Crippen LogP contribution in [-0.2, 0) is 4.79 Å². The SMILES string of the molecule is CC(C)(C)C(N)CC(=O)N1CCCOc2ccccc21. The first-order valence-corrected chi connectivity index (χ1v) is 7.17. The zero-order chi connectivity index (χ0) is 14.8. The average molecular weight is 276 g/mol. The van der Waals surface area contributed by atoms with Crippen molar-refractivity contribution in [1.29, 1.82) is 0 Å². The molecule has 0 aromatic heterocycles. The van der Waals surface area contributed by atoms with Crippen LogP contribution in [0, 0.1) is 5.41 Å². The molecule has 0 aliphatic carbocycles. The standard InChI is InChI=1S/C16H24N2O2/c1-16(2,3)14(17)11-15(19)18-9-6-10-20-13-8-5-4-7-12(13)18/h4-5,7-8,14H,6,9-11,17H2,1-3H3. The summed E-state index contributed by atoms with van der Waals surface area (Å²) in [6.07, 6.45) is 1.20. The van der Waals surface area contributed by atoms with Crippen LogP contribution in [-0.4, -0.2) is 25.1 Å². The van der Waals surface area contributed by atoms with E-state index >= 15 is 0 Å². The van der Waals surface area contributed by atoms with Gasteiger partial charge in [0.25, 0.3) is 0 Å². The van der Waals surface area contributed by atoms with E-state index in [0.29, 0.717) is 19.6 Å². The van der Waals surface area contributed by atoms with Crippen molar-refractivity contribution >= 4 is 11.6 Å². The minimum Gasteiger partial charge on any atom is -0.491 e. The number of fused-ring (bicyclic) bond motifs is 1. The number of benzene rings is 1. The van der Waals surface area contributed by atoms with Crippen LogP contribution in [0.3, 0.4) is 0 Å². The molecule has 1 heterocycles. The Morgan fingerprint density at radius 1 is 1.40 bits per heavy atom. The van der Waals surface area contributed by atoms with Crippen molar-refractivity contribution in [3.8, 4) is 5.75 Å². The second-order valence-corrected chi connectivity index (χ2v) is 6.39. The summed E-state index contributed by atoms with van der Waals surface area (Å²) in [5.41, 5.74) is 6.92. The average Bonchev–Trinajstić information content (AvgIpc) is 2.59. The quantitative estimate of drug-likeness (QED) is 0.903. The molecule has 4 nitrogen and oxygen atoms in total. The van der Waals surface area contributed by atoms with Gasteiger partial charge in [-0.3, -0.25) is 4.79 Å². The minimum absolute atomic E-state index is 0.0719. The van der Waals surface area contributed by atoms with Gasteiger partial charge in [-0.25, -0.2) is 0 Å². The summed E-state index contributed by atoms with van der Waals surface area (Å²) in [7, 11) is 0. The fourth-order valence-electron chi connectivity index (χ4n) is 2.19. The van der Waals surface area contributed by atoms with Crippen molar-refractivity contribution in [2.75, 3.05) is 18.1 Å². The van der Waals surface area contributed by atoms with Gasteiger partial charge < -0.3 is 15.4 Å². The van der Waals surface area contributed by atoms with Crippen LogP contribution in [0.1, 0.15) is 33.6 Å². The van der Waals surface area contributed by atoms with Crippen molar-refractivity contribution < 1.29 is 9.53 Å². The van der Waals surface area contributed by atoms with E-state index in [1.54, 1.807) is 0 Å². The molecule has 110 valence electrons. The van der Waals surface area contributed by atoms with E-state index < -0.39 is 0 Å². The smallest absolute Gasteiger partial charge is 0.228 e. The van der Waals surface area contributed by atoms with Crippen molar-refractivity contribution in [2.45, 2.75) is 39.7 Å². The maximum absolute atomic E-state index is 12.6. The molecule has 0 bridgehead atoms. The van der Waals surface area contributed by atoms with E-state index in [1.165, 1.54) is 0 Å². The topological polar surface area (TPSA) is 55.6 Å². The van der Waals surface area contributed by atoms with Crippen molar-refractivity contribution in [3.63, 3.8) is 0 Å². The van der Waals surface area contributed by atoms with Crippen molar-refractivity contribution in [1.82, 2.24) is 0 Å². The highest BCUT2D eigenvalue weighted by Gasteiger charge is 2.28. The summed E-state index contributed by atoms with van der Waals surface area (Å²) >= 11 is 0. The van der Waals surface area contributed by atoms with E-state index in [4.69, 9.17) is 10.5 Å². The summed E-state index contributed by atoms with van der Waals surface area (Å²) < 4.78 is 5.68. The van der Waals surface area contributed by atoms with Gasteiger partial charge in [-0.1, -0.05) is 32.9 Å². The molecule has 2 N–H and O–H groups in total. The molecule has 4 heteroatoms. The van der Waals surface area contributed by atoms with Crippen LogP contribution < -0.4 is 15.4 Å². The predicted molar refractivity (Wildman–Crippen MR) is 81.0 cm³/mol.